The van der Waals surface area contributed by atoms with Gasteiger partial charge in [-0.05, 0) is 47.4 Å². The van der Waals surface area contributed by atoms with Crippen molar-refractivity contribution in [2.24, 2.45) is 0 Å². The molecule has 0 spiro atoms. The van der Waals surface area contributed by atoms with Crippen molar-refractivity contribution in [2.75, 3.05) is 11.9 Å². The quantitative estimate of drug-likeness (QED) is 0.612. The number of hydrogen-bond acceptors (Lipinski definition) is 5. The van der Waals surface area contributed by atoms with Gasteiger partial charge >= 0.3 is 0 Å². The van der Waals surface area contributed by atoms with Crippen molar-refractivity contribution < 1.29 is 18.8 Å². The van der Waals surface area contributed by atoms with E-state index < -0.39 is 0 Å². The Kier molecular flexibility index (Phi) is 5.30. The van der Waals surface area contributed by atoms with Crippen molar-refractivity contribution in [3.05, 3.63) is 95.1 Å². The van der Waals surface area contributed by atoms with Crippen LogP contribution in [0.25, 0.3) is 5.57 Å². The summed E-state index contributed by atoms with van der Waals surface area (Å²) in [5.74, 6) is -0.303. The van der Waals surface area contributed by atoms with Gasteiger partial charge in [0, 0.05) is 25.7 Å². The summed E-state index contributed by atoms with van der Waals surface area (Å²) in [6.45, 7) is 2.72. The van der Waals surface area contributed by atoms with Crippen molar-refractivity contribution >= 4 is 29.0 Å². The molecule has 33 heavy (non-hydrogen) atoms. The number of hydrogen-bond donors (Lipinski definition) is 1. The Morgan fingerprint density at radius 1 is 0.970 bits per heavy atom. The number of imide groups is 1. The number of carbonyl (C=O) groups excluding carboxylic acids is 3. The number of furan rings is 1. The molecule has 7 heteroatoms. The first kappa shape index (κ1) is 20.8. The van der Waals surface area contributed by atoms with Gasteiger partial charge in [0.25, 0.3) is 11.8 Å². The van der Waals surface area contributed by atoms with E-state index in [9.17, 15) is 14.4 Å². The molecule has 1 N–H and O–H groups in total. The van der Waals surface area contributed by atoms with Crippen LogP contribution < -0.4 is 5.32 Å². The van der Waals surface area contributed by atoms with E-state index in [1.165, 1.54) is 23.7 Å². The fourth-order valence-corrected chi connectivity index (χ4v) is 4.43. The molecule has 3 amide bonds. The van der Waals surface area contributed by atoms with Crippen LogP contribution in [0.15, 0.2) is 77.0 Å². The van der Waals surface area contributed by atoms with Gasteiger partial charge in [0.1, 0.15) is 11.5 Å². The highest BCUT2D eigenvalue weighted by Gasteiger charge is 2.42. The number of nitrogens with one attached hydrogen (secondary N) is 1. The minimum absolute atomic E-state index is 0.0755. The number of carbonyl (C=O) groups is 3. The zero-order valence-electron chi connectivity index (χ0n) is 18.2. The van der Waals surface area contributed by atoms with E-state index in [0.717, 1.165) is 12.0 Å². The molecule has 0 bridgehead atoms. The molecule has 2 aromatic carbocycles. The highest BCUT2D eigenvalue weighted by atomic mass is 16.3. The lowest BCUT2D eigenvalue weighted by atomic mass is 9.97. The van der Waals surface area contributed by atoms with Crippen LogP contribution in [-0.4, -0.2) is 34.1 Å². The van der Waals surface area contributed by atoms with Gasteiger partial charge in [-0.25, -0.2) is 0 Å². The van der Waals surface area contributed by atoms with E-state index in [2.05, 4.69) is 17.4 Å². The van der Waals surface area contributed by atoms with Gasteiger partial charge in [0.15, 0.2) is 0 Å². The van der Waals surface area contributed by atoms with Gasteiger partial charge < -0.3 is 14.6 Å². The number of fused-ring (bicyclic) bond motifs is 1. The number of anilines is 1. The van der Waals surface area contributed by atoms with E-state index >= 15 is 0 Å². The van der Waals surface area contributed by atoms with Crippen LogP contribution in [0.3, 0.4) is 0 Å². The first-order chi connectivity index (χ1) is 16.0. The number of benzene rings is 2. The smallest absolute Gasteiger partial charge is 0.278 e. The summed E-state index contributed by atoms with van der Waals surface area (Å²) >= 11 is 0. The average molecular weight is 441 g/mol. The van der Waals surface area contributed by atoms with Crippen LogP contribution >= 0.6 is 0 Å². The second-order valence-corrected chi connectivity index (χ2v) is 8.20. The molecule has 0 unspecified atom stereocenters. The van der Waals surface area contributed by atoms with Crippen molar-refractivity contribution in [3.8, 4) is 0 Å². The molecule has 7 nitrogen and oxygen atoms in total. The number of rotatable bonds is 5. The Labute approximate surface area is 191 Å². The molecular weight excluding hydrogens is 418 g/mol. The van der Waals surface area contributed by atoms with Gasteiger partial charge in [-0.2, -0.15) is 0 Å². The standard InChI is InChI=1S/C26H23N3O4/c1-17(30)27-21-10-8-19(9-11-21)23-24(28-13-12-18-5-2-3-6-20(18)15-28)26(32)29(25(23)31)16-22-7-4-14-33-22/h2-11,14H,12-13,15-16H2,1H3,(H,27,30). The van der Waals surface area contributed by atoms with Gasteiger partial charge in [0.05, 0.1) is 18.4 Å². The van der Waals surface area contributed by atoms with Crippen molar-refractivity contribution in [1.29, 1.82) is 0 Å². The molecule has 0 saturated heterocycles. The highest BCUT2D eigenvalue weighted by Crippen LogP contribution is 2.35. The third kappa shape index (κ3) is 3.93. The molecule has 166 valence electrons. The number of amides is 3. The summed E-state index contributed by atoms with van der Waals surface area (Å²) in [6.07, 6.45) is 2.33. The average Bonchev–Trinajstić information content (AvgIpc) is 3.41. The molecule has 2 aliphatic rings. The molecule has 0 atom stereocenters. The molecule has 3 aromatic rings. The van der Waals surface area contributed by atoms with Crippen LogP contribution in [0.2, 0.25) is 0 Å². The van der Waals surface area contributed by atoms with Gasteiger partial charge in [-0.1, -0.05) is 36.4 Å². The Bertz CT molecular complexity index is 1260. The maximum Gasteiger partial charge on any atom is 0.278 e. The molecule has 5 rings (SSSR count). The van der Waals surface area contributed by atoms with Crippen LogP contribution in [-0.2, 0) is 33.9 Å². The normalized spacial score (nSPS) is 15.8. The van der Waals surface area contributed by atoms with Crippen LogP contribution in [0, 0.1) is 0 Å². The SMILES string of the molecule is CC(=O)Nc1ccc(C2=C(N3CCc4ccccc4C3)C(=O)N(Cc3ccco3)C2=O)cc1. The Balaban J connectivity index is 1.54. The van der Waals surface area contributed by atoms with Gasteiger partial charge in [-0.15, -0.1) is 0 Å². The van der Waals surface area contributed by atoms with Crippen molar-refractivity contribution in [3.63, 3.8) is 0 Å². The fourth-order valence-electron chi connectivity index (χ4n) is 4.43. The second-order valence-electron chi connectivity index (χ2n) is 8.20. The third-order valence-corrected chi connectivity index (χ3v) is 5.98. The Hall–Kier alpha value is -4.13. The zero-order valence-corrected chi connectivity index (χ0v) is 18.2. The maximum atomic E-state index is 13.6. The highest BCUT2D eigenvalue weighted by molar-refractivity contribution is 6.35. The Morgan fingerprint density at radius 2 is 1.73 bits per heavy atom. The van der Waals surface area contributed by atoms with E-state index in [1.54, 1.807) is 36.4 Å². The molecule has 1 aromatic heterocycles. The summed E-state index contributed by atoms with van der Waals surface area (Å²) in [7, 11) is 0. The topological polar surface area (TPSA) is 82.9 Å². The molecule has 0 radical (unpaired) electrons. The minimum Gasteiger partial charge on any atom is -0.467 e. The summed E-state index contributed by atoms with van der Waals surface area (Å²) in [5.41, 5.74) is 4.47. The maximum absolute atomic E-state index is 13.6. The number of nitrogens with zero attached hydrogens (tertiary/aromatic N) is 2. The molecule has 0 aliphatic carbocycles. The Morgan fingerprint density at radius 3 is 2.42 bits per heavy atom. The lowest BCUT2D eigenvalue weighted by molar-refractivity contribution is -0.138. The van der Waals surface area contributed by atoms with Crippen molar-refractivity contribution in [1.82, 2.24) is 9.80 Å². The lowest BCUT2D eigenvalue weighted by Crippen LogP contribution is -2.37. The van der Waals surface area contributed by atoms with Gasteiger partial charge in [-0.3, -0.25) is 19.3 Å². The summed E-state index contributed by atoms with van der Waals surface area (Å²) in [4.78, 5) is 41.7. The first-order valence-electron chi connectivity index (χ1n) is 10.8. The monoisotopic (exact) mass is 441 g/mol. The lowest BCUT2D eigenvalue weighted by Gasteiger charge is -2.31. The largest absolute Gasteiger partial charge is 0.467 e. The van der Waals surface area contributed by atoms with Crippen LogP contribution in [0.5, 0.6) is 0 Å². The van der Waals surface area contributed by atoms with E-state index in [0.29, 0.717) is 41.4 Å². The zero-order chi connectivity index (χ0) is 22.9. The summed E-state index contributed by atoms with van der Waals surface area (Å²) < 4.78 is 5.39. The molecule has 0 saturated carbocycles. The molecule has 2 aliphatic heterocycles. The fraction of sp³-hybridized carbons (Fsp3) is 0.192. The first-order valence-corrected chi connectivity index (χ1v) is 10.8. The van der Waals surface area contributed by atoms with Gasteiger partial charge in [0.2, 0.25) is 5.91 Å². The summed E-state index contributed by atoms with van der Waals surface area (Å²) in [5, 5.41) is 2.73. The van der Waals surface area contributed by atoms with Crippen LogP contribution in [0.4, 0.5) is 5.69 Å². The predicted molar refractivity (Wildman–Crippen MR) is 122 cm³/mol. The van der Waals surface area contributed by atoms with E-state index in [4.69, 9.17) is 4.42 Å². The minimum atomic E-state index is -0.350. The van der Waals surface area contributed by atoms with E-state index in [-0.39, 0.29) is 24.3 Å². The second kappa shape index (κ2) is 8.43. The molecule has 0 fully saturated rings. The van der Waals surface area contributed by atoms with Crippen molar-refractivity contribution in [2.45, 2.75) is 26.4 Å². The van der Waals surface area contributed by atoms with Crippen LogP contribution in [0.1, 0.15) is 29.4 Å². The summed E-state index contributed by atoms with van der Waals surface area (Å²) in [6, 6.07) is 18.7. The molecular formula is C26H23N3O4. The molecule has 3 heterocycles. The van der Waals surface area contributed by atoms with E-state index in [1.807, 2.05) is 17.0 Å². The third-order valence-electron chi connectivity index (χ3n) is 5.98. The predicted octanol–water partition coefficient (Wildman–Crippen LogP) is 3.58.